The van der Waals surface area contributed by atoms with Crippen molar-refractivity contribution in [3.8, 4) is 0 Å². The van der Waals surface area contributed by atoms with Crippen LogP contribution in [0.4, 0.5) is 4.79 Å². The highest BCUT2D eigenvalue weighted by Crippen LogP contribution is 2.50. The Morgan fingerprint density at radius 3 is 2.21 bits per heavy atom. The SMILES string of the molecule is CC(C)[Si](OC1=CC2CCC1Cc1c2c2ccccc2n1C(=O)OC(C)(C)C)(C(C)C)C(C)C. The summed E-state index contributed by atoms with van der Waals surface area (Å²) in [5.74, 6) is 1.77. The van der Waals surface area contributed by atoms with Gasteiger partial charge >= 0.3 is 6.09 Å². The number of benzene rings is 1. The van der Waals surface area contributed by atoms with Crippen molar-refractivity contribution in [2.24, 2.45) is 5.92 Å². The summed E-state index contributed by atoms with van der Waals surface area (Å²) in [4.78, 5) is 13.4. The lowest BCUT2D eigenvalue weighted by Gasteiger charge is -2.44. The van der Waals surface area contributed by atoms with Crippen molar-refractivity contribution < 1.29 is 14.0 Å². The van der Waals surface area contributed by atoms with Crippen molar-refractivity contribution in [3.05, 3.63) is 47.4 Å². The zero-order valence-electron chi connectivity index (χ0n) is 22.6. The minimum Gasteiger partial charge on any atom is -0.546 e. The van der Waals surface area contributed by atoms with Gasteiger partial charge in [0.25, 0.3) is 8.32 Å². The van der Waals surface area contributed by atoms with Crippen LogP contribution in [0.1, 0.15) is 92.3 Å². The van der Waals surface area contributed by atoms with Crippen molar-refractivity contribution in [2.75, 3.05) is 0 Å². The molecular weight excluding hydrogens is 438 g/mol. The van der Waals surface area contributed by atoms with Crippen LogP contribution in [0.5, 0.6) is 0 Å². The van der Waals surface area contributed by atoms with Gasteiger partial charge in [0, 0.05) is 22.9 Å². The zero-order valence-corrected chi connectivity index (χ0v) is 23.6. The fraction of sp³-hybridized carbons (Fsp3) is 0.621. The van der Waals surface area contributed by atoms with Crippen molar-refractivity contribution in [1.29, 1.82) is 0 Å². The number of fused-ring (bicyclic) bond motifs is 2. The van der Waals surface area contributed by atoms with Gasteiger partial charge in [0.05, 0.1) is 11.3 Å². The maximum atomic E-state index is 13.4. The van der Waals surface area contributed by atoms with Crippen LogP contribution in [0, 0.1) is 5.92 Å². The Hall–Kier alpha value is -2.01. The molecule has 2 atom stereocenters. The molecule has 0 aliphatic heterocycles. The average molecular weight is 482 g/mol. The summed E-state index contributed by atoms with van der Waals surface area (Å²) in [5.41, 5.74) is 4.44. The Morgan fingerprint density at radius 2 is 1.62 bits per heavy atom. The third kappa shape index (κ3) is 4.14. The number of carbonyl (C=O) groups excluding carboxylic acids is 1. The zero-order chi connectivity index (χ0) is 25.0. The second-order valence-electron chi connectivity index (χ2n) is 12.3. The minimum absolute atomic E-state index is 0.274. The molecule has 1 aromatic heterocycles. The molecule has 3 aliphatic rings. The molecule has 0 spiro atoms. The van der Waals surface area contributed by atoms with Gasteiger partial charge in [0.2, 0.25) is 0 Å². The van der Waals surface area contributed by atoms with E-state index >= 15 is 0 Å². The number of hydrogen-bond acceptors (Lipinski definition) is 3. The van der Waals surface area contributed by atoms with Crippen LogP contribution in [0.3, 0.4) is 0 Å². The molecule has 0 saturated carbocycles. The van der Waals surface area contributed by atoms with Gasteiger partial charge in [-0.2, -0.15) is 0 Å². The van der Waals surface area contributed by atoms with E-state index in [-0.39, 0.29) is 12.0 Å². The number of ether oxygens (including phenoxy) is 1. The standard InChI is InChI=1S/C29H43NO3Si/c1-18(2)34(19(3)4,20(5)6)33-26-17-22-15-14-21(26)16-25-27(22)23-12-10-11-13-24(23)30(25)28(31)32-29(7,8)9/h10-13,17-22H,14-16H2,1-9H3. The van der Waals surface area contributed by atoms with E-state index in [1.165, 1.54) is 16.7 Å². The first-order valence-corrected chi connectivity index (χ1v) is 15.3. The first-order valence-electron chi connectivity index (χ1n) is 13.1. The van der Waals surface area contributed by atoms with Gasteiger partial charge in [-0.1, -0.05) is 59.7 Å². The van der Waals surface area contributed by atoms with Crippen LogP contribution >= 0.6 is 0 Å². The highest BCUT2D eigenvalue weighted by atomic mass is 28.4. The van der Waals surface area contributed by atoms with Crippen molar-refractivity contribution >= 4 is 25.3 Å². The Labute approximate surface area is 206 Å². The van der Waals surface area contributed by atoms with E-state index in [0.717, 1.165) is 30.5 Å². The molecule has 3 aliphatic carbocycles. The van der Waals surface area contributed by atoms with Gasteiger partial charge in [-0.25, -0.2) is 9.36 Å². The average Bonchev–Trinajstić information content (AvgIpc) is 2.83. The predicted molar refractivity (Wildman–Crippen MR) is 143 cm³/mol. The Kier molecular flexibility index (Phi) is 6.56. The predicted octanol–water partition coefficient (Wildman–Crippen LogP) is 8.55. The van der Waals surface area contributed by atoms with Gasteiger partial charge < -0.3 is 9.16 Å². The maximum absolute atomic E-state index is 13.4. The van der Waals surface area contributed by atoms with Crippen LogP contribution in [-0.4, -0.2) is 24.6 Å². The lowest BCUT2D eigenvalue weighted by atomic mass is 9.86. The van der Waals surface area contributed by atoms with E-state index < -0.39 is 13.9 Å². The Bertz CT molecular complexity index is 1080. The lowest BCUT2D eigenvalue weighted by Crippen LogP contribution is -2.48. The molecule has 0 radical (unpaired) electrons. The van der Waals surface area contributed by atoms with E-state index in [4.69, 9.17) is 9.16 Å². The fourth-order valence-corrected chi connectivity index (χ4v) is 12.1. The van der Waals surface area contributed by atoms with Crippen molar-refractivity contribution in [2.45, 2.75) is 110 Å². The second kappa shape index (κ2) is 8.89. The molecule has 2 aromatic rings. The van der Waals surface area contributed by atoms with Crippen LogP contribution < -0.4 is 0 Å². The van der Waals surface area contributed by atoms with Gasteiger partial charge in [-0.05, 0) is 74.4 Å². The second-order valence-corrected chi connectivity index (χ2v) is 17.6. The van der Waals surface area contributed by atoms with Crippen LogP contribution in [0.15, 0.2) is 36.1 Å². The van der Waals surface area contributed by atoms with Crippen molar-refractivity contribution in [1.82, 2.24) is 4.57 Å². The summed E-state index contributed by atoms with van der Waals surface area (Å²) in [6.45, 7) is 19.9. The monoisotopic (exact) mass is 481 g/mol. The number of para-hydroxylation sites is 1. The highest BCUT2D eigenvalue weighted by Gasteiger charge is 2.49. The van der Waals surface area contributed by atoms with Crippen LogP contribution in [-0.2, 0) is 15.6 Å². The van der Waals surface area contributed by atoms with E-state index in [1.54, 1.807) is 0 Å². The third-order valence-electron chi connectivity index (χ3n) is 8.00. The molecule has 1 aromatic carbocycles. The van der Waals surface area contributed by atoms with Crippen LogP contribution in [0.25, 0.3) is 10.9 Å². The summed E-state index contributed by atoms with van der Waals surface area (Å²) in [5, 5.41) is 1.17. The molecule has 186 valence electrons. The van der Waals surface area contributed by atoms with E-state index in [2.05, 4.69) is 65.8 Å². The molecule has 4 nitrogen and oxygen atoms in total. The molecular formula is C29H43NO3Si. The van der Waals surface area contributed by atoms with Gasteiger partial charge in [-0.15, -0.1) is 0 Å². The molecule has 2 unspecified atom stereocenters. The lowest BCUT2D eigenvalue weighted by molar-refractivity contribution is 0.0539. The number of rotatable bonds is 5. The normalized spacial score (nSPS) is 20.6. The molecule has 0 amide bonds. The summed E-state index contributed by atoms with van der Waals surface area (Å²) in [7, 11) is -2.05. The number of aromatic nitrogens is 1. The maximum Gasteiger partial charge on any atom is 0.419 e. The molecule has 5 rings (SSSR count). The molecule has 0 saturated heterocycles. The van der Waals surface area contributed by atoms with E-state index in [0.29, 0.717) is 22.5 Å². The summed E-state index contributed by atoms with van der Waals surface area (Å²) in [6.07, 6.45) is 5.17. The van der Waals surface area contributed by atoms with Crippen LogP contribution in [0.2, 0.25) is 16.6 Å². The number of hydrogen-bond donors (Lipinski definition) is 0. The number of allylic oxidation sites excluding steroid dienone is 2. The molecule has 34 heavy (non-hydrogen) atoms. The van der Waals surface area contributed by atoms with Crippen molar-refractivity contribution in [3.63, 3.8) is 0 Å². The molecule has 1 heterocycles. The van der Waals surface area contributed by atoms with Gasteiger partial charge in [-0.3, -0.25) is 0 Å². The molecule has 2 bridgehead atoms. The first-order chi connectivity index (χ1) is 15.9. The largest absolute Gasteiger partial charge is 0.546 e. The summed E-state index contributed by atoms with van der Waals surface area (Å²) < 4.78 is 15.0. The summed E-state index contributed by atoms with van der Waals surface area (Å²) >= 11 is 0. The topological polar surface area (TPSA) is 40.5 Å². The van der Waals surface area contributed by atoms with E-state index in [1.807, 2.05) is 31.4 Å². The van der Waals surface area contributed by atoms with E-state index in [9.17, 15) is 4.79 Å². The highest BCUT2D eigenvalue weighted by molar-refractivity contribution is 6.77. The smallest absolute Gasteiger partial charge is 0.419 e. The molecule has 5 heteroatoms. The van der Waals surface area contributed by atoms with Gasteiger partial charge in [0.1, 0.15) is 5.60 Å². The summed E-state index contributed by atoms with van der Waals surface area (Å²) in [6, 6.07) is 8.31. The minimum atomic E-state index is -2.05. The number of carbonyl (C=O) groups is 1. The number of nitrogens with zero attached hydrogens (tertiary/aromatic N) is 1. The van der Waals surface area contributed by atoms with Gasteiger partial charge in [0.15, 0.2) is 0 Å². The Morgan fingerprint density at radius 1 is 1.00 bits per heavy atom. The third-order valence-corrected chi connectivity index (χ3v) is 14.0. The first kappa shape index (κ1) is 25.1. The molecule has 0 fully saturated rings. The fourth-order valence-electron chi connectivity index (χ4n) is 6.73. The molecule has 0 N–H and O–H groups in total. The Balaban J connectivity index is 1.82. The quantitative estimate of drug-likeness (QED) is 0.402.